The zero-order valence-corrected chi connectivity index (χ0v) is 6.66. The normalized spacial score (nSPS) is 9.00. The third kappa shape index (κ3) is 2.46. The highest BCUT2D eigenvalue weighted by Gasteiger charge is 2.08. The van der Waals surface area contributed by atoms with Crippen LogP contribution in [0.4, 0.5) is 13.6 Å². The molecule has 14 heavy (non-hydrogen) atoms. The Morgan fingerprint density at radius 2 is 2.14 bits per heavy atom. The van der Waals surface area contributed by atoms with Crippen LogP contribution >= 0.6 is 0 Å². The Labute approximate surface area is 76.8 Å². The quantitative estimate of drug-likeness (QED) is 0.511. The van der Waals surface area contributed by atoms with Gasteiger partial charge in [-0.3, -0.25) is 0 Å². The maximum atomic E-state index is 12.8. The first-order valence-electron chi connectivity index (χ1n) is 3.38. The second-order valence-electron chi connectivity index (χ2n) is 2.15. The lowest BCUT2D eigenvalue weighted by Gasteiger charge is -2.00. The van der Waals surface area contributed by atoms with Crippen molar-refractivity contribution in [3.63, 3.8) is 0 Å². The lowest BCUT2D eigenvalue weighted by atomic mass is 10.3. The molecule has 0 heterocycles. The Kier molecular flexibility index (Phi) is 3.04. The maximum Gasteiger partial charge on any atom is 0.450 e. The molecule has 1 amide bonds. The molecule has 1 aromatic rings. The van der Waals surface area contributed by atoms with Gasteiger partial charge in [0.2, 0.25) is 6.08 Å². The highest BCUT2D eigenvalue weighted by atomic mass is 19.1. The van der Waals surface area contributed by atoms with E-state index in [1.807, 2.05) is 0 Å². The number of isocyanates is 1. The van der Waals surface area contributed by atoms with Gasteiger partial charge in [-0.05, 0) is 12.1 Å². The van der Waals surface area contributed by atoms with Gasteiger partial charge < -0.3 is 4.74 Å². The largest absolute Gasteiger partial charge is 0.450 e. The van der Waals surface area contributed by atoms with Crippen LogP contribution in [-0.2, 0) is 4.79 Å². The zero-order valence-electron chi connectivity index (χ0n) is 6.66. The van der Waals surface area contributed by atoms with Gasteiger partial charge in [0.05, 0.1) is 0 Å². The van der Waals surface area contributed by atoms with Crippen molar-refractivity contribution in [1.82, 2.24) is 0 Å². The number of rotatable bonds is 1. The van der Waals surface area contributed by atoms with Crippen LogP contribution in [0.3, 0.4) is 0 Å². The highest BCUT2D eigenvalue weighted by Crippen LogP contribution is 2.17. The van der Waals surface area contributed by atoms with E-state index in [1.165, 1.54) is 0 Å². The molecule has 0 atom stereocenters. The molecule has 0 aliphatic carbocycles. The minimum Gasteiger partial charge on any atom is -0.405 e. The van der Waals surface area contributed by atoms with E-state index in [1.54, 1.807) is 0 Å². The molecule has 4 nitrogen and oxygen atoms in total. The summed E-state index contributed by atoms with van der Waals surface area (Å²) in [7, 11) is 0. The van der Waals surface area contributed by atoms with Crippen LogP contribution in [0.25, 0.3) is 0 Å². The SMILES string of the molecule is O=C=NC(=O)Oc1ccc(F)cc1F. The van der Waals surface area contributed by atoms with Gasteiger partial charge in [-0.2, -0.15) is 0 Å². The van der Waals surface area contributed by atoms with Crippen molar-refractivity contribution in [2.24, 2.45) is 4.99 Å². The molecule has 0 radical (unpaired) electrons. The van der Waals surface area contributed by atoms with E-state index < -0.39 is 23.5 Å². The van der Waals surface area contributed by atoms with Crippen LogP contribution in [0.15, 0.2) is 23.2 Å². The Hall–Kier alpha value is -2.07. The summed E-state index contributed by atoms with van der Waals surface area (Å²) in [4.78, 5) is 22.7. The Balaban J connectivity index is 2.87. The number of carbonyl (C=O) groups excluding carboxylic acids is 2. The van der Waals surface area contributed by atoms with Gasteiger partial charge in [-0.15, -0.1) is 0 Å². The molecule has 1 aromatic carbocycles. The van der Waals surface area contributed by atoms with E-state index >= 15 is 0 Å². The minimum absolute atomic E-state index is 0.504. The van der Waals surface area contributed by atoms with E-state index in [0.717, 1.165) is 18.2 Å². The second-order valence-corrected chi connectivity index (χ2v) is 2.15. The van der Waals surface area contributed by atoms with E-state index in [2.05, 4.69) is 9.73 Å². The molecule has 6 heteroatoms. The molecule has 0 bridgehead atoms. The fourth-order valence-corrected chi connectivity index (χ4v) is 0.712. The smallest absolute Gasteiger partial charge is 0.405 e. The average Bonchev–Trinajstić information content (AvgIpc) is 2.10. The Morgan fingerprint density at radius 3 is 2.71 bits per heavy atom. The van der Waals surface area contributed by atoms with E-state index in [4.69, 9.17) is 0 Å². The highest BCUT2D eigenvalue weighted by molar-refractivity contribution is 5.76. The molecule has 0 aliphatic heterocycles. The first-order chi connectivity index (χ1) is 6.63. The summed E-state index contributed by atoms with van der Waals surface area (Å²) in [5, 5.41) is 0. The van der Waals surface area contributed by atoms with Gasteiger partial charge >= 0.3 is 6.09 Å². The van der Waals surface area contributed by atoms with Crippen molar-refractivity contribution in [1.29, 1.82) is 0 Å². The van der Waals surface area contributed by atoms with Crippen LogP contribution in [0, 0.1) is 11.6 Å². The summed E-state index contributed by atoms with van der Waals surface area (Å²) in [5.74, 6) is -2.36. The Morgan fingerprint density at radius 1 is 1.43 bits per heavy atom. The molecule has 0 saturated heterocycles. The standard InChI is InChI=1S/C8H3F2NO3/c9-5-1-2-7(6(10)3-5)14-8(13)11-4-12/h1-3H. The number of amides is 1. The molecular weight excluding hydrogens is 196 g/mol. The predicted octanol–water partition coefficient (Wildman–Crippen LogP) is 1.80. The second kappa shape index (κ2) is 4.25. The molecule has 0 unspecified atom stereocenters. The third-order valence-electron chi connectivity index (χ3n) is 1.23. The zero-order chi connectivity index (χ0) is 10.6. The minimum atomic E-state index is -1.31. The molecule has 0 saturated carbocycles. The van der Waals surface area contributed by atoms with Gasteiger partial charge in [0.15, 0.2) is 11.6 Å². The summed E-state index contributed by atoms with van der Waals surface area (Å²) < 4.78 is 29.4. The van der Waals surface area contributed by atoms with Crippen molar-refractivity contribution in [2.45, 2.75) is 0 Å². The van der Waals surface area contributed by atoms with Crippen LogP contribution in [0.1, 0.15) is 0 Å². The number of nitrogens with zero attached hydrogens (tertiary/aromatic N) is 1. The van der Waals surface area contributed by atoms with E-state index in [-0.39, 0.29) is 0 Å². The molecular formula is C8H3F2NO3. The fourth-order valence-electron chi connectivity index (χ4n) is 0.712. The number of halogens is 2. The van der Waals surface area contributed by atoms with E-state index in [9.17, 15) is 18.4 Å². The average molecular weight is 199 g/mol. The van der Waals surface area contributed by atoms with Crippen molar-refractivity contribution >= 4 is 12.2 Å². The first kappa shape index (κ1) is 10.0. The molecule has 0 aromatic heterocycles. The van der Waals surface area contributed by atoms with Gasteiger partial charge in [-0.25, -0.2) is 18.4 Å². The number of carbonyl (C=O) groups is 1. The molecule has 0 N–H and O–H groups in total. The monoisotopic (exact) mass is 199 g/mol. The summed E-state index contributed by atoms with van der Waals surface area (Å²) in [6.07, 6.45) is -0.392. The first-order valence-corrected chi connectivity index (χ1v) is 3.38. The van der Waals surface area contributed by atoms with Crippen molar-refractivity contribution < 1.29 is 23.1 Å². The lowest BCUT2D eigenvalue weighted by Crippen LogP contribution is -2.03. The van der Waals surface area contributed by atoms with Gasteiger partial charge in [0.1, 0.15) is 5.82 Å². The number of hydrogen-bond acceptors (Lipinski definition) is 3. The summed E-state index contributed by atoms with van der Waals surface area (Å²) in [6, 6.07) is 2.34. The molecule has 0 aliphatic rings. The molecule has 0 fully saturated rings. The molecule has 72 valence electrons. The number of aliphatic imine (C=N–C) groups is 1. The van der Waals surface area contributed by atoms with Crippen LogP contribution < -0.4 is 4.74 Å². The van der Waals surface area contributed by atoms with E-state index in [0.29, 0.717) is 6.07 Å². The van der Waals surface area contributed by atoms with Gasteiger partial charge in [0, 0.05) is 6.07 Å². The molecule has 1 rings (SSSR count). The summed E-state index contributed by atoms with van der Waals surface area (Å²) in [5.41, 5.74) is 0. The van der Waals surface area contributed by atoms with Crippen LogP contribution in [-0.4, -0.2) is 12.2 Å². The lowest BCUT2D eigenvalue weighted by molar-refractivity contribution is 0.209. The van der Waals surface area contributed by atoms with Gasteiger partial charge in [-0.1, -0.05) is 4.99 Å². The fraction of sp³-hybridized carbons (Fsp3) is 0. The number of ether oxygens (including phenoxy) is 1. The molecule has 0 spiro atoms. The Bertz CT molecular complexity index is 413. The third-order valence-corrected chi connectivity index (χ3v) is 1.23. The van der Waals surface area contributed by atoms with Crippen molar-refractivity contribution in [3.05, 3.63) is 29.8 Å². The van der Waals surface area contributed by atoms with Crippen molar-refractivity contribution in [3.8, 4) is 5.75 Å². The van der Waals surface area contributed by atoms with Crippen molar-refractivity contribution in [2.75, 3.05) is 0 Å². The maximum absolute atomic E-state index is 12.8. The number of benzene rings is 1. The predicted molar refractivity (Wildman–Crippen MR) is 40.5 cm³/mol. The van der Waals surface area contributed by atoms with Crippen LogP contribution in [0.5, 0.6) is 5.75 Å². The van der Waals surface area contributed by atoms with Gasteiger partial charge in [0.25, 0.3) is 0 Å². The summed E-state index contributed by atoms with van der Waals surface area (Å²) >= 11 is 0. The van der Waals surface area contributed by atoms with Crippen LogP contribution in [0.2, 0.25) is 0 Å². The number of hydrogen-bond donors (Lipinski definition) is 0. The summed E-state index contributed by atoms with van der Waals surface area (Å²) in [6.45, 7) is 0. The topological polar surface area (TPSA) is 55.7 Å².